The summed E-state index contributed by atoms with van der Waals surface area (Å²) in [5, 5.41) is 13.2. The molecule has 1 saturated heterocycles. The number of amides is 1. The summed E-state index contributed by atoms with van der Waals surface area (Å²) in [5.74, 6) is -1.17. The molecule has 7 nitrogen and oxygen atoms in total. The number of aromatic nitrogens is 2. The monoisotopic (exact) mass is 356 g/mol. The van der Waals surface area contributed by atoms with Crippen LogP contribution in [0.5, 0.6) is 0 Å². The van der Waals surface area contributed by atoms with Crippen LogP contribution in [0.25, 0.3) is 0 Å². The smallest absolute Gasteiger partial charge is 0.354 e. The summed E-state index contributed by atoms with van der Waals surface area (Å²) in [5.41, 5.74) is 2.56. The summed E-state index contributed by atoms with van der Waals surface area (Å²) in [6, 6.07) is 9.24. The van der Waals surface area contributed by atoms with Gasteiger partial charge in [0.1, 0.15) is 11.7 Å². The first-order valence-corrected chi connectivity index (χ1v) is 8.79. The zero-order valence-corrected chi connectivity index (χ0v) is 15.1. The summed E-state index contributed by atoms with van der Waals surface area (Å²) >= 11 is 0. The van der Waals surface area contributed by atoms with Gasteiger partial charge in [-0.2, -0.15) is 5.10 Å². The minimum Gasteiger partial charge on any atom is -0.477 e. The molecule has 1 unspecified atom stereocenters. The molecular weight excluding hydrogens is 332 g/mol. The topological polar surface area (TPSA) is 78.7 Å². The van der Waals surface area contributed by atoms with Crippen LogP contribution in [-0.2, 0) is 11.3 Å². The molecule has 2 heterocycles. The number of aromatic carboxylic acids is 1. The number of hydrogen-bond acceptors (Lipinski definition) is 4. The van der Waals surface area contributed by atoms with Crippen molar-refractivity contribution < 1.29 is 14.7 Å². The Labute approximate surface area is 152 Å². The van der Waals surface area contributed by atoms with E-state index in [1.54, 1.807) is 11.8 Å². The molecule has 1 aliphatic heterocycles. The first-order chi connectivity index (χ1) is 12.5. The molecule has 0 radical (unpaired) electrons. The number of carbonyl (C=O) groups excluding carboxylic acids is 1. The zero-order chi connectivity index (χ0) is 18.7. The number of aryl methyl sites for hydroxylation is 1. The number of carbonyl (C=O) groups is 2. The lowest BCUT2D eigenvalue weighted by Crippen LogP contribution is -2.50. The molecular formula is C19H24N4O3. The molecule has 2 aromatic rings. The fourth-order valence-corrected chi connectivity index (χ4v) is 3.36. The molecule has 1 aliphatic rings. The number of benzene rings is 1. The van der Waals surface area contributed by atoms with Gasteiger partial charge in [-0.25, -0.2) is 9.48 Å². The van der Waals surface area contributed by atoms with E-state index < -0.39 is 12.0 Å². The molecule has 1 aromatic carbocycles. The third-order valence-corrected chi connectivity index (χ3v) is 4.79. The summed E-state index contributed by atoms with van der Waals surface area (Å²) in [6.07, 6.45) is 1.41. The van der Waals surface area contributed by atoms with E-state index in [1.165, 1.54) is 28.1 Å². The quantitative estimate of drug-likeness (QED) is 0.884. The predicted octanol–water partition coefficient (Wildman–Crippen LogP) is 1.80. The van der Waals surface area contributed by atoms with Gasteiger partial charge in [-0.3, -0.25) is 9.69 Å². The van der Waals surface area contributed by atoms with Crippen molar-refractivity contribution in [1.29, 1.82) is 0 Å². The summed E-state index contributed by atoms with van der Waals surface area (Å²) < 4.78 is 1.28. The van der Waals surface area contributed by atoms with Gasteiger partial charge in [-0.1, -0.05) is 29.8 Å². The van der Waals surface area contributed by atoms with Gasteiger partial charge in [0.05, 0.1) is 0 Å². The van der Waals surface area contributed by atoms with E-state index in [0.717, 1.165) is 19.6 Å². The Morgan fingerprint density at radius 1 is 1.19 bits per heavy atom. The van der Waals surface area contributed by atoms with E-state index in [-0.39, 0.29) is 11.6 Å². The van der Waals surface area contributed by atoms with Crippen LogP contribution < -0.4 is 0 Å². The standard InChI is InChI=1S/C19H24N4O3/c1-14-4-3-5-16(12-14)13-21-8-10-22(11-9-21)18(24)15(2)23-17(19(25)26)6-7-20-23/h3-7,12,15H,8-11,13H2,1-2H3,(H,25,26). The largest absolute Gasteiger partial charge is 0.477 e. The van der Waals surface area contributed by atoms with E-state index in [9.17, 15) is 14.7 Å². The van der Waals surface area contributed by atoms with Crippen LogP contribution in [0.4, 0.5) is 0 Å². The average molecular weight is 356 g/mol. The maximum atomic E-state index is 12.7. The number of rotatable bonds is 5. The van der Waals surface area contributed by atoms with Gasteiger partial charge in [-0.15, -0.1) is 0 Å². The number of carboxylic acids is 1. The lowest BCUT2D eigenvalue weighted by molar-refractivity contribution is -0.136. The molecule has 0 spiro atoms. The SMILES string of the molecule is Cc1cccc(CN2CCN(C(=O)C(C)n3nccc3C(=O)O)CC2)c1. The van der Waals surface area contributed by atoms with E-state index in [0.29, 0.717) is 13.1 Å². The van der Waals surface area contributed by atoms with Crippen LogP contribution in [-0.4, -0.2) is 62.7 Å². The third-order valence-electron chi connectivity index (χ3n) is 4.79. The molecule has 0 bridgehead atoms. The Morgan fingerprint density at radius 3 is 2.58 bits per heavy atom. The van der Waals surface area contributed by atoms with Crippen LogP contribution >= 0.6 is 0 Å². The van der Waals surface area contributed by atoms with Gasteiger partial charge in [0.25, 0.3) is 0 Å². The fourth-order valence-electron chi connectivity index (χ4n) is 3.36. The van der Waals surface area contributed by atoms with Gasteiger partial charge in [-0.05, 0) is 25.5 Å². The molecule has 1 atom stereocenters. The van der Waals surface area contributed by atoms with Crippen molar-refractivity contribution in [3.05, 3.63) is 53.3 Å². The minimum atomic E-state index is -1.08. The second-order valence-electron chi connectivity index (χ2n) is 6.73. The maximum Gasteiger partial charge on any atom is 0.354 e. The molecule has 138 valence electrons. The van der Waals surface area contributed by atoms with E-state index in [2.05, 4.69) is 41.2 Å². The fraction of sp³-hybridized carbons (Fsp3) is 0.421. The number of nitrogens with zero attached hydrogens (tertiary/aromatic N) is 4. The zero-order valence-electron chi connectivity index (χ0n) is 15.1. The lowest BCUT2D eigenvalue weighted by Gasteiger charge is -2.36. The highest BCUT2D eigenvalue weighted by Gasteiger charge is 2.28. The Kier molecular flexibility index (Phi) is 5.37. The predicted molar refractivity (Wildman–Crippen MR) is 96.9 cm³/mol. The molecule has 0 saturated carbocycles. The molecule has 1 amide bonds. The lowest BCUT2D eigenvalue weighted by atomic mass is 10.1. The molecule has 1 fully saturated rings. The van der Waals surface area contributed by atoms with E-state index >= 15 is 0 Å². The minimum absolute atomic E-state index is 0.0314. The van der Waals surface area contributed by atoms with Crippen molar-refractivity contribution in [2.45, 2.75) is 26.4 Å². The van der Waals surface area contributed by atoms with E-state index in [4.69, 9.17) is 0 Å². The Balaban J connectivity index is 1.58. The highest BCUT2D eigenvalue weighted by molar-refractivity contribution is 5.87. The molecule has 3 rings (SSSR count). The van der Waals surface area contributed by atoms with Gasteiger partial charge in [0.15, 0.2) is 0 Å². The Morgan fingerprint density at radius 2 is 1.92 bits per heavy atom. The van der Waals surface area contributed by atoms with Crippen molar-refractivity contribution >= 4 is 11.9 Å². The van der Waals surface area contributed by atoms with Gasteiger partial charge in [0.2, 0.25) is 5.91 Å². The molecule has 1 N–H and O–H groups in total. The number of hydrogen-bond donors (Lipinski definition) is 1. The van der Waals surface area contributed by atoms with Crippen molar-refractivity contribution in [1.82, 2.24) is 19.6 Å². The first kappa shape index (κ1) is 18.1. The first-order valence-electron chi connectivity index (χ1n) is 8.79. The van der Waals surface area contributed by atoms with Crippen molar-refractivity contribution in [3.63, 3.8) is 0 Å². The average Bonchev–Trinajstić information content (AvgIpc) is 3.11. The van der Waals surface area contributed by atoms with Crippen LogP contribution in [0.3, 0.4) is 0 Å². The Bertz CT molecular complexity index is 794. The van der Waals surface area contributed by atoms with Crippen molar-refractivity contribution in [2.24, 2.45) is 0 Å². The molecule has 7 heteroatoms. The number of carboxylic acid groups (broad SMARTS) is 1. The van der Waals surface area contributed by atoms with Crippen molar-refractivity contribution in [3.8, 4) is 0 Å². The second-order valence-corrected chi connectivity index (χ2v) is 6.73. The summed E-state index contributed by atoms with van der Waals surface area (Å²) in [7, 11) is 0. The highest BCUT2D eigenvalue weighted by Crippen LogP contribution is 2.16. The Hall–Kier alpha value is -2.67. The maximum absolute atomic E-state index is 12.7. The van der Waals surface area contributed by atoms with E-state index in [1.807, 2.05) is 0 Å². The van der Waals surface area contributed by atoms with Crippen molar-refractivity contribution in [2.75, 3.05) is 26.2 Å². The van der Waals surface area contributed by atoms with Crippen LogP contribution in [0.2, 0.25) is 0 Å². The molecule has 0 aliphatic carbocycles. The van der Waals surface area contributed by atoms with Crippen LogP contribution in [0.15, 0.2) is 36.5 Å². The second kappa shape index (κ2) is 7.70. The summed E-state index contributed by atoms with van der Waals surface area (Å²) in [6.45, 7) is 7.54. The normalized spacial score (nSPS) is 16.5. The van der Waals surface area contributed by atoms with Crippen LogP contribution in [0.1, 0.15) is 34.6 Å². The van der Waals surface area contributed by atoms with Gasteiger partial charge >= 0.3 is 5.97 Å². The summed E-state index contributed by atoms with van der Waals surface area (Å²) in [4.78, 5) is 28.1. The number of piperazine rings is 1. The molecule has 1 aromatic heterocycles. The third kappa shape index (κ3) is 3.94. The highest BCUT2D eigenvalue weighted by atomic mass is 16.4. The van der Waals surface area contributed by atoms with Crippen LogP contribution in [0, 0.1) is 6.92 Å². The van der Waals surface area contributed by atoms with Gasteiger partial charge < -0.3 is 10.0 Å². The van der Waals surface area contributed by atoms with Gasteiger partial charge in [0, 0.05) is 38.9 Å². The molecule has 26 heavy (non-hydrogen) atoms.